The minimum atomic E-state index is 0. The molecule has 0 aromatic rings. The molecule has 0 saturated carbocycles. The first kappa shape index (κ1) is 29.3. The van der Waals surface area contributed by atoms with E-state index < -0.39 is 0 Å². The van der Waals surface area contributed by atoms with Crippen LogP contribution in [-0.2, 0) is 21.7 Å². The number of hydrogen-bond donors (Lipinski definition) is 2. The Morgan fingerprint density at radius 3 is 0.933 bits per heavy atom. The fourth-order valence-electron chi connectivity index (χ4n) is 0. The van der Waals surface area contributed by atoms with Gasteiger partial charge in [-0.05, 0) is 12.8 Å². The first-order chi connectivity index (χ1) is 6.66. The molecule has 0 bridgehead atoms. The summed E-state index contributed by atoms with van der Waals surface area (Å²) in [4.78, 5) is 0. The van der Waals surface area contributed by atoms with Gasteiger partial charge in [-0.3, -0.25) is 0 Å². The van der Waals surface area contributed by atoms with Gasteiger partial charge in [-0.25, -0.2) is 0 Å². The minimum absolute atomic E-state index is 0. The number of aliphatic hydroxyl groups excluding tert-OH is 2. The Morgan fingerprint density at radius 1 is 0.867 bits per heavy atom. The molecular formula is C10H22N2O2Ti. The van der Waals surface area contributed by atoms with E-state index in [2.05, 4.69) is 0 Å². The zero-order valence-electron chi connectivity index (χ0n) is 10.1. The topological polar surface area (TPSA) is 88.0 Å². The van der Waals surface area contributed by atoms with Crippen molar-refractivity contribution in [2.45, 2.75) is 40.5 Å². The van der Waals surface area contributed by atoms with Crippen LogP contribution < -0.4 is 0 Å². The van der Waals surface area contributed by atoms with Gasteiger partial charge in [0.1, 0.15) is 0 Å². The molecule has 0 heterocycles. The maximum absolute atomic E-state index is 7.88. The van der Waals surface area contributed by atoms with Crippen LogP contribution in [0.4, 0.5) is 0 Å². The smallest absolute Gasteiger partial charge is 0.0587 e. The molecule has 15 heavy (non-hydrogen) atoms. The van der Waals surface area contributed by atoms with Gasteiger partial charge in [-0.1, -0.05) is 13.8 Å². The van der Waals surface area contributed by atoms with Gasteiger partial charge < -0.3 is 10.2 Å². The van der Waals surface area contributed by atoms with E-state index in [1.54, 1.807) is 12.1 Å². The van der Waals surface area contributed by atoms with Crippen LogP contribution in [0.1, 0.15) is 40.5 Å². The monoisotopic (exact) mass is 250 g/mol. The summed E-state index contributed by atoms with van der Waals surface area (Å²) in [5.41, 5.74) is 0. The summed E-state index contributed by atoms with van der Waals surface area (Å²) in [6.45, 7) is 7.36. The number of nitrogens with zero attached hydrogens (tertiary/aromatic N) is 2. The summed E-state index contributed by atoms with van der Waals surface area (Å²) in [5, 5.41) is 30.4. The first-order valence-corrected chi connectivity index (χ1v) is 4.49. The summed E-state index contributed by atoms with van der Waals surface area (Å²) < 4.78 is 0. The number of nitriles is 2. The molecule has 0 aliphatic heterocycles. The van der Waals surface area contributed by atoms with Gasteiger partial charge >= 0.3 is 0 Å². The Labute approximate surface area is 108 Å². The summed E-state index contributed by atoms with van der Waals surface area (Å²) >= 11 is 0. The van der Waals surface area contributed by atoms with E-state index in [-0.39, 0.29) is 21.7 Å². The zero-order chi connectivity index (χ0) is 12.2. The molecule has 0 saturated heterocycles. The average molecular weight is 250 g/mol. The summed E-state index contributed by atoms with van der Waals surface area (Å²) in [5.74, 6) is 0. The van der Waals surface area contributed by atoms with Crippen molar-refractivity contribution in [1.82, 2.24) is 0 Å². The van der Waals surface area contributed by atoms with Gasteiger partial charge in [0.05, 0.1) is 12.1 Å². The maximum Gasteiger partial charge on any atom is 0.0587 e. The molecule has 0 amide bonds. The molecule has 5 heteroatoms. The zero-order valence-corrected chi connectivity index (χ0v) is 11.7. The van der Waals surface area contributed by atoms with E-state index in [4.69, 9.17) is 20.7 Å². The van der Waals surface area contributed by atoms with E-state index in [0.29, 0.717) is 13.2 Å². The van der Waals surface area contributed by atoms with E-state index in [0.717, 1.165) is 12.8 Å². The van der Waals surface area contributed by atoms with E-state index >= 15 is 0 Å². The molecule has 0 rings (SSSR count). The molecule has 0 radical (unpaired) electrons. The van der Waals surface area contributed by atoms with Gasteiger partial charge in [0.2, 0.25) is 0 Å². The molecule has 0 aromatic carbocycles. The van der Waals surface area contributed by atoms with Crippen molar-refractivity contribution in [3.05, 3.63) is 0 Å². The quantitative estimate of drug-likeness (QED) is 0.732. The standard InChI is InChI=1S/2C3H8O.2C2H3N.Ti/c2*1-2-3-4;2*1-2-3;/h2*4H,2-3H2,1H3;2*1H3;. The Kier molecular flexibility index (Phi) is 134. The van der Waals surface area contributed by atoms with Gasteiger partial charge in [-0.15, -0.1) is 0 Å². The predicted octanol–water partition coefficient (Wildman–Crippen LogP) is 1.83. The summed E-state index contributed by atoms with van der Waals surface area (Å²) in [6.07, 6.45) is 1.75. The maximum atomic E-state index is 7.88. The SMILES string of the molecule is CC#N.CC#N.CCCO.CCCO.[Ti]. The van der Waals surface area contributed by atoms with Crippen molar-refractivity contribution in [3.63, 3.8) is 0 Å². The normalized spacial score (nSPS) is 5.07. The van der Waals surface area contributed by atoms with Gasteiger partial charge in [0.25, 0.3) is 0 Å². The summed E-state index contributed by atoms with van der Waals surface area (Å²) in [7, 11) is 0. The second-order valence-electron chi connectivity index (χ2n) is 1.89. The molecule has 0 unspecified atom stereocenters. The molecule has 88 valence electrons. The van der Waals surface area contributed by atoms with Crippen LogP contribution in [0.2, 0.25) is 0 Å². The van der Waals surface area contributed by atoms with Gasteiger partial charge in [0.15, 0.2) is 0 Å². The molecule has 0 fully saturated rings. The van der Waals surface area contributed by atoms with Crippen molar-refractivity contribution in [1.29, 1.82) is 10.5 Å². The van der Waals surface area contributed by atoms with Crippen LogP contribution in [0, 0.1) is 22.7 Å². The molecular weight excluding hydrogens is 228 g/mol. The van der Waals surface area contributed by atoms with Crippen molar-refractivity contribution in [2.24, 2.45) is 0 Å². The van der Waals surface area contributed by atoms with E-state index in [1.807, 2.05) is 13.8 Å². The van der Waals surface area contributed by atoms with Gasteiger partial charge in [0, 0.05) is 48.8 Å². The second-order valence-corrected chi connectivity index (χ2v) is 1.89. The molecule has 0 atom stereocenters. The molecule has 4 nitrogen and oxygen atoms in total. The largest absolute Gasteiger partial charge is 0.396 e. The minimum Gasteiger partial charge on any atom is -0.396 e. The Morgan fingerprint density at radius 2 is 0.933 bits per heavy atom. The van der Waals surface area contributed by atoms with E-state index in [9.17, 15) is 0 Å². The molecule has 2 N–H and O–H groups in total. The van der Waals surface area contributed by atoms with Gasteiger partial charge in [-0.2, -0.15) is 10.5 Å². The van der Waals surface area contributed by atoms with E-state index in [1.165, 1.54) is 13.8 Å². The Balaban J connectivity index is -0.0000000293. The number of aliphatic hydroxyl groups is 2. The average Bonchev–Trinajstić information content (AvgIpc) is 2.20. The van der Waals surface area contributed by atoms with Crippen LogP contribution >= 0.6 is 0 Å². The van der Waals surface area contributed by atoms with Crippen LogP contribution in [0.25, 0.3) is 0 Å². The fourth-order valence-corrected chi connectivity index (χ4v) is 0. The number of rotatable bonds is 2. The molecule has 0 spiro atoms. The van der Waals surface area contributed by atoms with Crippen molar-refractivity contribution in [2.75, 3.05) is 13.2 Å². The third kappa shape index (κ3) is 705. The number of hydrogen-bond acceptors (Lipinski definition) is 4. The van der Waals surface area contributed by atoms with Crippen LogP contribution in [-0.4, -0.2) is 23.4 Å². The Hall–Kier alpha value is -0.386. The van der Waals surface area contributed by atoms with Crippen LogP contribution in [0.15, 0.2) is 0 Å². The van der Waals surface area contributed by atoms with Crippen molar-refractivity contribution in [3.8, 4) is 12.1 Å². The van der Waals surface area contributed by atoms with Crippen molar-refractivity contribution < 1.29 is 31.9 Å². The second kappa shape index (κ2) is 68.7. The predicted molar refractivity (Wildman–Crippen MR) is 57.3 cm³/mol. The fraction of sp³-hybridized carbons (Fsp3) is 0.800. The molecule has 0 aromatic heterocycles. The van der Waals surface area contributed by atoms with Crippen molar-refractivity contribution >= 4 is 0 Å². The Bertz CT molecular complexity index is 110. The molecule has 0 aliphatic rings. The first-order valence-electron chi connectivity index (χ1n) is 4.49. The van der Waals surface area contributed by atoms with Crippen LogP contribution in [0.5, 0.6) is 0 Å². The molecule has 0 aliphatic carbocycles. The summed E-state index contributed by atoms with van der Waals surface area (Å²) in [6, 6.07) is 3.50. The van der Waals surface area contributed by atoms with Crippen LogP contribution in [0.3, 0.4) is 0 Å². The third-order valence-electron chi connectivity index (χ3n) is 0.447. The third-order valence-corrected chi connectivity index (χ3v) is 0.447.